The molecule has 1 saturated heterocycles. The van der Waals surface area contributed by atoms with Gasteiger partial charge in [-0.15, -0.1) is 0 Å². The van der Waals surface area contributed by atoms with Crippen LogP contribution in [0.2, 0.25) is 0 Å². The molecular formula is C9H18N2O2S. The minimum Gasteiger partial charge on any atom is -0.396 e. The van der Waals surface area contributed by atoms with Crippen molar-refractivity contribution in [3.05, 3.63) is 0 Å². The molecule has 0 aromatic heterocycles. The number of amides is 1. The molecule has 0 atom stereocenters. The first-order chi connectivity index (χ1) is 6.84. The average molecular weight is 218 g/mol. The Labute approximate surface area is 89.0 Å². The maximum Gasteiger partial charge on any atom is 0.236 e. The fourth-order valence-electron chi connectivity index (χ4n) is 1.32. The highest BCUT2D eigenvalue weighted by atomic mass is 32.2. The molecule has 0 aromatic carbocycles. The van der Waals surface area contributed by atoms with Crippen LogP contribution >= 0.6 is 11.8 Å². The van der Waals surface area contributed by atoms with Crippen molar-refractivity contribution in [3.63, 3.8) is 0 Å². The van der Waals surface area contributed by atoms with E-state index in [0.717, 1.165) is 24.6 Å². The van der Waals surface area contributed by atoms with E-state index in [9.17, 15) is 4.79 Å². The number of carbonyl (C=O) groups excluding carboxylic acids is 1. The molecule has 1 rings (SSSR count). The lowest BCUT2D eigenvalue weighted by Crippen LogP contribution is -2.42. The van der Waals surface area contributed by atoms with Crippen LogP contribution in [-0.2, 0) is 4.79 Å². The van der Waals surface area contributed by atoms with Gasteiger partial charge in [-0.1, -0.05) is 0 Å². The zero-order chi connectivity index (χ0) is 10.2. The normalized spacial score (nSPS) is 17.1. The maximum absolute atomic E-state index is 11.6. The Morgan fingerprint density at radius 3 is 2.79 bits per heavy atom. The molecule has 0 aromatic rings. The number of nitrogens with zero attached hydrogens (tertiary/aromatic N) is 1. The third-order valence-corrected chi connectivity index (χ3v) is 3.09. The smallest absolute Gasteiger partial charge is 0.236 e. The highest BCUT2D eigenvalue weighted by Gasteiger charge is 2.15. The highest BCUT2D eigenvalue weighted by molar-refractivity contribution is 7.99. The standard InChI is InChI=1S/C9H18N2O2S/c12-5-1-2-10-8-9(13)11-3-6-14-7-4-11/h10,12H,1-8H2. The molecule has 82 valence electrons. The maximum atomic E-state index is 11.6. The lowest BCUT2D eigenvalue weighted by atomic mass is 10.4. The van der Waals surface area contributed by atoms with E-state index in [2.05, 4.69) is 5.32 Å². The van der Waals surface area contributed by atoms with Crippen molar-refractivity contribution in [1.82, 2.24) is 10.2 Å². The minimum absolute atomic E-state index is 0.182. The molecule has 1 heterocycles. The molecule has 0 bridgehead atoms. The highest BCUT2D eigenvalue weighted by Crippen LogP contribution is 2.08. The summed E-state index contributed by atoms with van der Waals surface area (Å²) < 4.78 is 0. The average Bonchev–Trinajstić information content (AvgIpc) is 2.25. The summed E-state index contributed by atoms with van der Waals surface area (Å²) in [5.41, 5.74) is 0. The van der Waals surface area contributed by atoms with Crippen LogP contribution in [0.3, 0.4) is 0 Å². The molecule has 1 aliphatic heterocycles. The van der Waals surface area contributed by atoms with E-state index in [0.29, 0.717) is 19.5 Å². The summed E-state index contributed by atoms with van der Waals surface area (Å²) in [4.78, 5) is 13.5. The Morgan fingerprint density at radius 1 is 1.43 bits per heavy atom. The molecule has 1 aliphatic rings. The van der Waals surface area contributed by atoms with Gasteiger partial charge in [-0.3, -0.25) is 4.79 Å². The summed E-state index contributed by atoms with van der Waals surface area (Å²) in [7, 11) is 0. The van der Waals surface area contributed by atoms with Gasteiger partial charge in [-0.2, -0.15) is 11.8 Å². The van der Waals surface area contributed by atoms with E-state index >= 15 is 0 Å². The number of nitrogens with one attached hydrogen (secondary N) is 1. The van der Waals surface area contributed by atoms with Gasteiger partial charge in [0.05, 0.1) is 6.54 Å². The van der Waals surface area contributed by atoms with Gasteiger partial charge in [0.15, 0.2) is 0 Å². The van der Waals surface area contributed by atoms with Gasteiger partial charge in [0.25, 0.3) is 0 Å². The van der Waals surface area contributed by atoms with Crippen molar-refractivity contribution in [3.8, 4) is 0 Å². The molecule has 4 nitrogen and oxygen atoms in total. The number of aliphatic hydroxyl groups excluding tert-OH is 1. The summed E-state index contributed by atoms with van der Waals surface area (Å²) in [5, 5.41) is 11.6. The second-order valence-electron chi connectivity index (χ2n) is 3.25. The number of carbonyl (C=O) groups is 1. The molecule has 1 fully saturated rings. The zero-order valence-corrected chi connectivity index (χ0v) is 9.18. The number of hydrogen-bond acceptors (Lipinski definition) is 4. The Kier molecular flexibility index (Phi) is 5.98. The molecule has 0 spiro atoms. The van der Waals surface area contributed by atoms with Crippen LogP contribution in [0.25, 0.3) is 0 Å². The van der Waals surface area contributed by atoms with Gasteiger partial charge in [-0.05, 0) is 13.0 Å². The Balaban J connectivity index is 2.07. The molecule has 0 unspecified atom stereocenters. The van der Waals surface area contributed by atoms with Crippen LogP contribution in [0.15, 0.2) is 0 Å². The van der Waals surface area contributed by atoms with Crippen LogP contribution < -0.4 is 5.32 Å². The predicted octanol–water partition coefficient (Wildman–Crippen LogP) is -0.466. The molecule has 0 radical (unpaired) electrons. The molecule has 0 aliphatic carbocycles. The fourth-order valence-corrected chi connectivity index (χ4v) is 2.23. The quantitative estimate of drug-likeness (QED) is 0.613. The van der Waals surface area contributed by atoms with Gasteiger partial charge in [-0.25, -0.2) is 0 Å². The van der Waals surface area contributed by atoms with Crippen LogP contribution in [0.1, 0.15) is 6.42 Å². The molecule has 14 heavy (non-hydrogen) atoms. The molecule has 2 N–H and O–H groups in total. The third kappa shape index (κ3) is 4.30. The van der Waals surface area contributed by atoms with Crippen LogP contribution in [0.4, 0.5) is 0 Å². The lowest BCUT2D eigenvalue weighted by Gasteiger charge is -2.26. The fraction of sp³-hybridized carbons (Fsp3) is 0.889. The summed E-state index contributed by atoms with van der Waals surface area (Å²) >= 11 is 1.90. The SMILES string of the molecule is O=C(CNCCCO)N1CCSCC1. The van der Waals surface area contributed by atoms with E-state index in [1.54, 1.807) is 0 Å². The first-order valence-electron chi connectivity index (χ1n) is 5.01. The van der Waals surface area contributed by atoms with Crippen LogP contribution in [-0.4, -0.2) is 60.2 Å². The topological polar surface area (TPSA) is 52.6 Å². The van der Waals surface area contributed by atoms with Crippen molar-refractivity contribution in [2.24, 2.45) is 0 Å². The molecule has 5 heteroatoms. The predicted molar refractivity (Wildman–Crippen MR) is 58.5 cm³/mol. The first-order valence-corrected chi connectivity index (χ1v) is 6.17. The van der Waals surface area contributed by atoms with Gasteiger partial charge in [0, 0.05) is 31.2 Å². The monoisotopic (exact) mass is 218 g/mol. The summed E-state index contributed by atoms with van der Waals surface area (Å²) in [5.74, 6) is 2.30. The van der Waals surface area contributed by atoms with Crippen molar-refractivity contribution in [2.75, 3.05) is 44.3 Å². The summed E-state index contributed by atoms with van der Waals surface area (Å²) in [6.45, 7) is 3.06. The summed E-state index contributed by atoms with van der Waals surface area (Å²) in [6, 6.07) is 0. The summed E-state index contributed by atoms with van der Waals surface area (Å²) in [6.07, 6.45) is 0.711. The van der Waals surface area contributed by atoms with E-state index in [1.807, 2.05) is 16.7 Å². The number of thioether (sulfide) groups is 1. The van der Waals surface area contributed by atoms with Crippen LogP contribution in [0, 0.1) is 0 Å². The minimum atomic E-state index is 0.182. The van der Waals surface area contributed by atoms with E-state index in [4.69, 9.17) is 5.11 Å². The Morgan fingerprint density at radius 2 is 2.14 bits per heavy atom. The van der Waals surface area contributed by atoms with Gasteiger partial charge in [0.2, 0.25) is 5.91 Å². The second kappa shape index (κ2) is 7.09. The largest absolute Gasteiger partial charge is 0.396 e. The number of aliphatic hydroxyl groups is 1. The lowest BCUT2D eigenvalue weighted by molar-refractivity contribution is -0.129. The number of hydrogen-bond donors (Lipinski definition) is 2. The van der Waals surface area contributed by atoms with E-state index in [-0.39, 0.29) is 12.5 Å². The van der Waals surface area contributed by atoms with Crippen molar-refractivity contribution < 1.29 is 9.90 Å². The first kappa shape index (κ1) is 11.8. The zero-order valence-electron chi connectivity index (χ0n) is 8.37. The van der Waals surface area contributed by atoms with Gasteiger partial charge < -0.3 is 15.3 Å². The van der Waals surface area contributed by atoms with Crippen molar-refractivity contribution in [2.45, 2.75) is 6.42 Å². The molecular weight excluding hydrogens is 200 g/mol. The molecule has 0 saturated carbocycles. The number of rotatable bonds is 5. The molecule has 1 amide bonds. The Hall–Kier alpha value is -0.260. The van der Waals surface area contributed by atoms with Crippen LogP contribution in [0.5, 0.6) is 0 Å². The van der Waals surface area contributed by atoms with Gasteiger partial charge in [0.1, 0.15) is 0 Å². The third-order valence-electron chi connectivity index (χ3n) is 2.15. The van der Waals surface area contributed by atoms with Gasteiger partial charge >= 0.3 is 0 Å². The van der Waals surface area contributed by atoms with Crippen molar-refractivity contribution >= 4 is 17.7 Å². The van der Waals surface area contributed by atoms with E-state index in [1.165, 1.54) is 0 Å². The van der Waals surface area contributed by atoms with E-state index < -0.39 is 0 Å². The second-order valence-corrected chi connectivity index (χ2v) is 4.47. The Bertz CT molecular complexity index is 172. The van der Waals surface area contributed by atoms with Crippen molar-refractivity contribution in [1.29, 1.82) is 0 Å².